The topological polar surface area (TPSA) is 37.4 Å². The quantitative estimate of drug-likeness (QED) is 0.121. The molecule has 0 unspecified atom stereocenters. The van der Waals surface area contributed by atoms with E-state index in [0.717, 1.165) is 86.0 Å². The lowest BCUT2D eigenvalue weighted by Gasteiger charge is -2.46. The Morgan fingerprint density at radius 2 is 0.879 bits per heavy atom. The lowest BCUT2D eigenvalue weighted by molar-refractivity contribution is 0.414. The van der Waals surface area contributed by atoms with E-state index in [1.807, 2.05) is 12.1 Å². The molecule has 2 aliphatic heterocycles. The number of anilines is 9. The summed E-state index contributed by atoms with van der Waals surface area (Å²) in [5.41, 5.74) is 19.2. The van der Waals surface area contributed by atoms with Crippen molar-refractivity contribution in [3.63, 3.8) is 0 Å². The Labute approximate surface area is 387 Å². The van der Waals surface area contributed by atoms with Crippen LogP contribution in [0.25, 0.3) is 22.3 Å². The third kappa shape index (κ3) is 7.01. The first kappa shape index (κ1) is 40.6. The highest BCUT2D eigenvalue weighted by atomic mass is 16.5. The maximum atomic E-state index is 6.02. The number of hydrogen-bond donors (Lipinski definition) is 0. The zero-order valence-corrected chi connectivity index (χ0v) is 37.5. The fraction of sp³-hybridized carbons (Fsp3) is 0.0847. The van der Waals surface area contributed by atoms with Crippen molar-refractivity contribution in [3.05, 3.63) is 212 Å². The second-order valence-electron chi connectivity index (χ2n) is 16.7. The second kappa shape index (κ2) is 17.1. The normalized spacial score (nSPS) is 12.2. The van der Waals surface area contributed by atoms with E-state index in [2.05, 4.69) is 216 Å². The number of rotatable bonds is 11. The maximum absolute atomic E-state index is 6.02. The molecular weight excluding hydrogens is 809 g/mol. The van der Waals surface area contributed by atoms with E-state index >= 15 is 0 Å². The highest BCUT2D eigenvalue weighted by Crippen LogP contribution is 2.51. The molecule has 0 bridgehead atoms. The summed E-state index contributed by atoms with van der Waals surface area (Å²) in [4.78, 5) is 7.30. The smallest absolute Gasteiger partial charge is 0.252 e. The molecule has 0 saturated carbocycles. The van der Waals surface area contributed by atoms with Gasteiger partial charge in [0.1, 0.15) is 17.2 Å². The molecule has 0 amide bonds. The number of fused-ring (bicyclic) bond motifs is 4. The standard InChI is InChI=1S/C59H48BN3O3/c1-5-40-16-34-55-52(38-40)60-53-39-51(66-4)33-35-54(53)62(47-25-29-49(64-2)30-26-47)56-36-37-57(59(58(56)60)63(55)48-27-31-50(65-3)32-28-48)61(45-21-17-43(18-22-45)41-12-8-6-9-13-41)46-23-19-44(20-24-46)42-14-10-7-11-15-42/h6-39H,5H2,1-4H3. The lowest BCUT2D eigenvalue weighted by atomic mass is 9.33. The van der Waals surface area contributed by atoms with Crippen LogP contribution in [-0.2, 0) is 6.42 Å². The zero-order valence-electron chi connectivity index (χ0n) is 37.5. The first-order valence-electron chi connectivity index (χ1n) is 22.5. The molecule has 6 nitrogen and oxygen atoms in total. The highest BCUT2D eigenvalue weighted by molar-refractivity contribution is 7.00. The van der Waals surface area contributed by atoms with Crippen LogP contribution < -0.4 is 45.3 Å². The number of nitrogens with zero attached hydrogens (tertiary/aromatic N) is 3. The molecule has 0 aliphatic carbocycles. The number of ether oxygens (including phenoxy) is 3. The predicted octanol–water partition coefficient (Wildman–Crippen LogP) is 13.2. The van der Waals surface area contributed by atoms with Gasteiger partial charge in [0.05, 0.1) is 32.7 Å². The summed E-state index contributed by atoms with van der Waals surface area (Å²) in [6, 6.07) is 74.1. The average molecular weight is 858 g/mol. The summed E-state index contributed by atoms with van der Waals surface area (Å²) >= 11 is 0. The number of benzene rings is 9. The average Bonchev–Trinajstić information content (AvgIpc) is 3.39. The van der Waals surface area contributed by atoms with Crippen molar-refractivity contribution in [2.24, 2.45) is 0 Å². The van der Waals surface area contributed by atoms with E-state index < -0.39 is 0 Å². The van der Waals surface area contributed by atoms with Gasteiger partial charge in [-0.15, -0.1) is 0 Å². The van der Waals surface area contributed by atoms with E-state index in [0.29, 0.717) is 0 Å². The molecule has 2 aliphatic rings. The lowest BCUT2D eigenvalue weighted by Crippen LogP contribution is -2.61. The maximum Gasteiger partial charge on any atom is 0.252 e. The van der Waals surface area contributed by atoms with E-state index in [-0.39, 0.29) is 6.71 Å². The number of methoxy groups -OCH3 is 3. The largest absolute Gasteiger partial charge is 0.497 e. The Morgan fingerprint density at radius 3 is 1.41 bits per heavy atom. The first-order chi connectivity index (χ1) is 32.5. The molecule has 2 heterocycles. The molecular formula is C59H48BN3O3. The van der Waals surface area contributed by atoms with Crippen molar-refractivity contribution < 1.29 is 14.2 Å². The predicted molar refractivity (Wildman–Crippen MR) is 275 cm³/mol. The molecule has 0 N–H and O–H groups in total. The van der Waals surface area contributed by atoms with Gasteiger partial charge in [0.15, 0.2) is 0 Å². The van der Waals surface area contributed by atoms with Gasteiger partial charge in [0.2, 0.25) is 0 Å². The van der Waals surface area contributed by atoms with Crippen molar-refractivity contribution >= 4 is 74.3 Å². The van der Waals surface area contributed by atoms with E-state index in [9.17, 15) is 0 Å². The summed E-state index contributed by atoms with van der Waals surface area (Å²) in [5, 5.41) is 0. The second-order valence-corrected chi connectivity index (χ2v) is 16.7. The molecule has 0 radical (unpaired) electrons. The van der Waals surface area contributed by atoms with E-state index in [1.54, 1.807) is 21.3 Å². The minimum absolute atomic E-state index is 0.131. The first-order valence-corrected chi connectivity index (χ1v) is 22.5. The van der Waals surface area contributed by atoms with Gasteiger partial charge in [0, 0.05) is 39.8 Å². The van der Waals surface area contributed by atoms with Crippen LogP contribution >= 0.6 is 0 Å². The van der Waals surface area contributed by atoms with Crippen molar-refractivity contribution in [2.75, 3.05) is 36.0 Å². The summed E-state index contributed by atoms with van der Waals surface area (Å²) in [5.74, 6) is 2.42. The minimum atomic E-state index is -0.131. The SMILES string of the molecule is CCc1ccc2c(c1)B1c3cc(OC)ccc3N(c3ccc(OC)cc3)c3ccc(N(c4ccc(-c5ccccc5)cc4)c4ccc(-c5ccccc5)cc4)c(c31)N2c1ccc(OC)cc1. The summed E-state index contributed by atoms with van der Waals surface area (Å²) in [7, 11) is 5.18. The summed E-state index contributed by atoms with van der Waals surface area (Å²) in [6.07, 6.45) is 0.914. The van der Waals surface area contributed by atoms with Crippen molar-refractivity contribution in [1.82, 2.24) is 0 Å². The molecule has 11 rings (SSSR count). The monoisotopic (exact) mass is 857 g/mol. The fourth-order valence-corrected chi connectivity index (χ4v) is 9.87. The molecule has 0 aromatic heterocycles. The van der Waals surface area contributed by atoms with Gasteiger partial charge in [-0.05, 0) is 160 Å². The third-order valence-electron chi connectivity index (χ3n) is 13.1. The van der Waals surface area contributed by atoms with Crippen LogP contribution in [0.15, 0.2) is 206 Å². The van der Waals surface area contributed by atoms with Gasteiger partial charge in [-0.2, -0.15) is 0 Å². The molecule has 9 aromatic carbocycles. The minimum Gasteiger partial charge on any atom is -0.497 e. The van der Waals surface area contributed by atoms with Crippen LogP contribution in [0.5, 0.6) is 17.2 Å². The Kier molecular flexibility index (Phi) is 10.5. The molecule has 320 valence electrons. The molecule has 9 aromatic rings. The Morgan fingerprint density at radius 1 is 0.424 bits per heavy atom. The van der Waals surface area contributed by atoms with Gasteiger partial charge in [-0.1, -0.05) is 104 Å². The molecule has 7 heteroatoms. The molecule has 0 saturated heterocycles. The zero-order chi connectivity index (χ0) is 44.7. The van der Waals surface area contributed by atoms with Crippen molar-refractivity contribution in [2.45, 2.75) is 13.3 Å². The van der Waals surface area contributed by atoms with Crippen LogP contribution in [0.2, 0.25) is 0 Å². The van der Waals surface area contributed by atoms with E-state index in [1.165, 1.54) is 33.1 Å². The molecule has 0 spiro atoms. The van der Waals surface area contributed by atoms with Crippen molar-refractivity contribution in [3.8, 4) is 39.5 Å². The van der Waals surface area contributed by atoms with Crippen molar-refractivity contribution in [1.29, 1.82) is 0 Å². The van der Waals surface area contributed by atoms with Gasteiger partial charge >= 0.3 is 0 Å². The molecule has 66 heavy (non-hydrogen) atoms. The number of aryl methyl sites for hydroxylation is 1. The highest BCUT2D eigenvalue weighted by Gasteiger charge is 2.45. The Bertz CT molecular complexity index is 3080. The Hall–Kier alpha value is -8.16. The Balaban J connectivity index is 1.23. The van der Waals surface area contributed by atoms with Crippen LogP contribution in [0.3, 0.4) is 0 Å². The fourth-order valence-electron chi connectivity index (χ4n) is 9.87. The molecule has 0 fully saturated rings. The summed E-state index contributed by atoms with van der Waals surface area (Å²) in [6.45, 7) is 2.10. The van der Waals surface area contributed by atoms with Crippen LogP contribution in [0, 0.1) is 0 Å². The van der Waals surface area contributed by atoms with E-state index in [4.69, 9.17) is 14.2 Å². The van der Waals surface area contributed by atoms with Crippen LogP contribution in [0.1, 0.15) is 12.5 Å². The van der Waals surface area contributed by atoms with Crippen LogP contribution in [0.4, 0.5) is 51.2 Å². The number of hydrogen-bond acceptors (Lipinski definition) is 6. The summed E-state index contributed by atoms with van der Waals surface area (Å²) < 4.78 is 17.4. The third-order valence-corrected chi connectivity index (χ3v) is 13.1. The van der Waals surface area contributed by atoms with Gasteiger partial charge in [0.25, 0.3) is 6.71 Å². The molecule has 0 atom stereocenters. The van der Waals surface area contributed by atoms with Crippen LogP contribution in [-0.4, -0.2) is 28.0 Å². The van der Waals surface area contributed by atoms with Gasteiger partial charge in [-0.25, -0.2) is 0 Å². The van der Waals surface area contributed by atoms with Gasteiger partial charge < -0.3 is 28.9 Å². The van der Waals surface area contributed by atoms with Gasteiger partial charge in [-0.3, -0.25) is 0 Å².